The molecule has 142 valence electrons. The van der Waals surface area contributed by atoms with Crippen molar-refractivity contribution >= 4 is 11.8 Å². The van der Waals surface area contributed by atoms with Gasteiger partial charge in [-0.3, -0.25) is 14.6 Å². The van der Waals surface area contributed by atoms with Crippen molar-refractivity contribution in [1.29, 1.82) is 0 Å². The Labute approximate surface area is 159 Å². The molecule has 6 heteroatoms. The number of nitrogens with two attached hydrogens (primary N) is 1. The van der Waals surface area contributed by atoms with E-state index in [2.05, 4.69) is 4.98 Å². The van der Waals surface area contributed by atoms with Gasteiger partial charge in [-0.25, -0.2) is 0 Å². The van der Waals surface area contributed by atoms with E-state index in [0.29, 0.717) is 25.1 Å². The summed E-state index contributed by atoms with van der Waals surface area (Å²) in [5.74, 6) is -0.0560. The quantitative estimate of drug-likeness (QED) is 0.850. The van der Waals surface area contributed by atoms with E-state index in [0.717, 1.165) is 36.2 Å². The molecule has 0 bridgehead atoms. The first-order valence-corrected chi connectivity index (χ1v) is 9.21. The average Bonchev–Trinajstić information content (AvgIpc) is 2.72. The molecule has 1 aliphatic heterocycles. The summed E-state index contributed by atoms with van der Waals surface area (Å²) in [6.45, 7) is 1.96. The molecule has 0 spiro atoms. The lowest BCUT2D eigenvalue weighted by Crippen LogP contribution is -2.39. The van der Waals surface area contributed by atoms with Crippen molar-refractivity contribution in [2.45, 2.75) is 25.2 Å². The molecule has 1 fully saturated rings. The van der Waals surface area contributed by atoms with Gasteiger partial charge >= 0.3 is 0 Å². The number of pyridine rings is 1. The molecule has 2 N–H and O–H groups in total. The van der Waals surface area contributed by atoms with E-state index in [1.807, 2.05) is 35.4 Å². The van der Waals surface area contributed by atoms with Crippen LogP contribution in [0.15, 0.2) is 42.6 Å². The molecule has 1 atom stereocenters. The van der Waals surface area contributed by atoms with E-state index in [9.17, 15) is 9.59 Å². The van der Waals surface area contributed by atoms with E-state index in [1.54, 1.807) is 19.2 Å². The first kappa shape index (κ1) is 19.0. The summed E-state index contributed by atoms with van der Waals surface area (Å²) in [4.78, 5) is 30.2. The van der Waals surface area contributed by atoms with Crippen LogP contribution < -0.4 is 5.73 Å². The number of ether oxygens (including phenoxy) is 1. The van der Waals surface area contributed by atoms with E-state index in [4.69, 9.17) is 10.5 Å². The lowest BCUT2D eigenvalue weighted by molar-refractivity contribution is -0.133. The lowest BCUT2D eigenvalue weighted by atomic mass is 9.93. The second-order valence-corrected chi connectivity index (χ2v) is 6.84. The van der Waals surface area contributed by atoms with Crippen LogP contribution in [0.3, 0.4) is 0 Å². The van der Waals surface area contributed by atoms with Gasteiger partial charge in [0.05, 0.1) is 13.0 Å². The highest BCUT2D eigenvalue weighted by Crippen LogP contribution is 2.28. The standard InChI is InChI=1S/C21H25N3O3/c1-27-11-9-20(25)24-10-3-6-18(14-24)19-8-7-17(13-23-19)15-4-2-5-16(12-15)21(22)26/h2,4-5,7-8,12-13,18H,3,6,9-11,14H2,1H3,(H2,22,26)/t18-/m0/s1. The van der Waals surface area contributed by atoms with Crippen LogP contribution in [-0.2, 0) is 9.53 Å². The topological polar surface area (TPSA) is 85.5 Å². The number of aromatic nitrogens is 1. The number of nitrogens with zero attached hydrogens (tertiary/aromatic N) is 2. The van der Waals surface area contributed by atoms with Crippen molar-refractivity contribution in [3.63, 3.8) is 0 Å². The van der Waals surface area contributed by atoms with Gasteiger partial charge in [-0.1, -0.05) is 18.2 Å². The van der Waals surface area contributed by atoms with E-state index in [-0.39, 0.29) is 11.8 Å². The van der Waals surface area contributed by atoms with Crippen molar-refractivity contribution < 1.29 is 14.3 Å². The van der Waals surface area contributed by atoms with Crippen molar-refractivity contribution in [3.05, 3.63) is 53.9 Å². The van der Waals surface area contributed by atoms with Gasteiger partial charge in [0, 0.05) is 49.1 Å². The summed E-state index contributed by atoms with van der Waals surface area (Å²) >= 11 is 0. The highest BCUT2D eigenvalue weighted by atomic mass is 16.5. The Hall–Kier alpha value is -2.73. The first-order valence-electron chi connectivity index (χ1n) is 9.21. The smallest absolute Gasteiger partial charge is 0.248 e. The van der Waals surface area contributed by atoms with Crippen molar-refractivity contribution in [2.24, 2.45) is 5.73 Å². The van der Waals surface area contributed by atoms with Gasteiger partial charge < -0.3 is 15.4 Å². The minimum absolute atomic E-state index is 0.140. The molecule has 1 aromatic carbocycles. The molecular formula is C21H25N3O3. The maximum absolute atomic E-state index is 12.2. The minimum Gasteiger partial charge on any atom is -0.384 e. The average molecular weight is 367 g/mol. The summed E-state index contributed by atoms with van der Waals surface area (Å²) in [5.41, 5.74) is 8.67. The third-order valence-corrected chi connectivity index (χ3v) is 4.98. The fourth-order valence-corrected chi connectivity index (χ4v) is 3.46. The largest absolute Gasteiger partial charge is 0.384 e. The van der Waals surface area contributed by atoms with Gasteiger partial charge in [-0.15, -0.1) is 0 Å². The Kier molecular flexibility index (Phi) is 6.19. The number of hydrogen-bond acceptors (Lipinski definition) is 4. The summed E-state index contributed by atoms with van der Waals surface area (Å²) in [7, 11) is 1.61. The van der Waals surface area contributed by atoms with Crippen LogP contribution in [0.25, 0.3) is 11.1 Å². The molecule has 3 rings (SSSR count). The number of likely N-dealkylation sites (tertiary alicyclic amines) is 1. The number of rotatable bonds is 6. The van der Waals surface area contributed by atoms with Gasteiger partial charge in [-0.05, 0) is 36.6 Å². The van der Waals surface area contributed by atoms with Crippen molar-refractivity contribution in [1.82, 2.24) is 9.88 Å². The number of piperidine rings is 1. The van der Waals surface area contributed by atoms with E-state index in [1.165, 1.54) is 0 Å². The number of amides is 2. The molecule has 0 unspecified atom stereocenters. The molecule has 2 heterocycles. The second-order valence-electron chi connectivity index (χ2n) is 6.84. The molecule has 2 amide bonds. The van der Waals surface area contributed by atoms with Gasteiger partial charge in [0.25, 0.3) is 0 Å². The molecule has 27 heavy (non-hydrogen) atoms. The molecule has 1 saturated heterocycles. The molecule has 6 nitrogen and oxygen atoms in total. The third kappa shape index (κ3) is 4.71. The Balaban J connectivity index is 1.70. The highest BCUT2D eigenvalue weighted by molar-refractivity contribution is 5.94. The van der Waals surface area contributed by atoms with E-state index < -0.39 is 5.91 Å². The SMILES string of the molecule is COCCC(=O)N1CCC[C@H](c2ccc(-c3cccc(C(N)=O)c3)cn2)C1. The van der Waals surface area contributed by atoms with Crippen molar-refractivity contribution in [2.75, 3.05) is 26.8 Å². The van der Waals surface area contributed by atoms with Crippen LogP contribution >= 0.6 is 0 Å². The minimum atomic E-state index is -0.443. The number of benzene rings is 1. The van der Waals surface area contributed by atoms with Crippen molar-refractivity contribution in [3.8, 4) is 11.1 Å². The Morgan fingerprint density at radius 1 is 1.26 bits per heavy atom. The zero-order chi connectivity index (χ0) is 19.2. The summed E-state index contributed by atoms with van der Waals surface area (Å²) in [5, 5.41) is 0. The lowest BCUT2D eigenvalue weighted by Gasteiger charge is -2.32. The molecule has 2 aromatic rings. The zero-order valence-corrected chi connectivity index (χ0v) is 15.6. The van der Waals surface area contributed by atoms with Gasteiger partial charge in [0.15, 0.2) is 0 Å². The Morgan fingerprint density at radius 2 is 2.11 bits per heavy atom. The normalized spacial score (nSPS) is 16.9. The summed E-state index contributed by atoms with van der Waals surface area (Å²) in [6, 6.07) is 11.2. The van der Waals surface area contributed by atoms with Gasteiger partial charge in [-0.2, -0.15) is 0 Å². The first-order chi connectivity index (χ1) is 13.1. The molecule has 0 saturated carbocycles. The maximum Gasteiger partial charge on any atom is 0.248 e. The second kappa shape index (κ2) is 8.77. The summed E-state index contributed by atoms with van der Waals surface area (Å²) < 4.78 is 5.00. The predicted octanol–water partition coefficient (Wildman–Crippen LogP) is 2.59. The predicted molar refractivity (Wildman–Crippen MR) is 103 cm³/mol. The molecule has 1 aliphatic rings. The number of carbonyl (C=O) groups is 2. The van der Waals surface area contributed by atoms with Crippen LogP contribution in [-0.4, -0.2) is 48.5 Å². The fraction of sp³-hybridized carbons (Fsp3) is 0.381. The van der Waals surface area contributed by atoms with Crippen LogP contribution in [0.5, 0.6) is 0 Å². The third-order valence-electron chi connectivity index (χ3n) is 4.98. The summed E-state index contributed by atoms with van der Waals surface area (Å²) in [6.07, 6.45) is 4.25. The van der Waals surface area contributed by atoms with Crippen LogP contribution in [0.4, 0.5) is 0 Å². The van der Waals surface area contributed by atoms with Gasteiger partial charge in [0.1, 0.15) is 0 Å². The fourth-order valence-electron chi connectivity index (χ4n) is 3.46. The monoisotopic (exact) mass is 367 g/mol. The van der Waals surface area contributed by atoms with Crippen LogP contribution in [0.1, 0.15) is 41.2 Å². The van der Waals surface area contributed by atoms with E-state index >= 15 is 0 Å². The number of methoxy groups -OCH3 is 1. The molecule has 1 aromatic heterocycles. The Bertz CT molecular complexity index is 805. The highest BCUT2D eigenvalue weighted by Gasteiger charge is 2.25. The molecule has 0 aliphatic carbocycles. The Morgan fingerprint density at radius 3 is 2.81 bits per heavy atom. The number of hydrogen-bond donors (Lipinski definition) is 1. The van der Waals surface area contributed by atoms with Crippen LogP contribution in [0, 0.1) is 0 Å². The van der Waals surface area contributed by atoms with Crippen LogP contribution in [0.2, 0.25) is 0 Å². The zero-order valence-electron chi connectivity index (χ0n) is 15.6. The number of carbonyl (C=O) groups excluding carboxylic acids is 2. The maximum atomic E-state index is 12.2. The van der Waals surface area contributed by atoms with Gasteiger partial charge in [0.2, 0.25) is 11.8 Å². The molecular weight excluding hydrogens is 342 g/mol. The number of primary amides is 1. The molecule has 0 radical (unpaired) electrons.